The number of carbonyl (C=O) groups excluding carboxylic acids is 3. The van der Waals surface area contributed by atoms with Gasteiger partial charge >= 0.3 is 17.9 Å². The second-order valence-electron chi connectivity index (χ2n) is 20.5. The standard InChI is InChI=1S/C75H116O6/c1-4-7-10-13-16-19-22-25-28-30-32-33-34-35-36-37-38-39-40-41-43-44-47-50-53-56-59-62-65-68-74(77)80-71-72(70-79-73(76)67-64-61-58-55-52-49-46-27-24-21-18-15-12-9-6-3)81-75(78)69-66-63-60-57-54-51-48-45-42-31-29-26-23-20-17-14-11-8-5-2/h7-8,10-11,16-17,19-20,25-29,32-33,35-36,38-39,41-43,45-47,50-51,54,60,63,72H,4-6,9,12-15,18,21-24,30-31,34,37,40,44,48-49,52-53,55-59,61-62,64-71H2,1-3H3/b10-7-,11-8-,19-16-,20-17-,28-25-,29-26-,33-32-,36-35-,39-38-,43-41-,45-42-,46-27-,50-47-,54-51-,63-60-. The Labute approximate surface area is 497 Å². The molecule has 6 heteroatoms. The van der Waals surface area contributed by atoms with Crippen molar-refractivity contribution in [3.63, 3.8) is 0 Å². The maximum atomic E-state index is 12.9. The Hall–Kier alpha value is -5.49. The monoisotopic (exact) mass is 1110 g/mol. The summed E-state index contributed by atoms with van der Waals surface area (Å²) in [4.78, 5) is 38.3. The third-order valence-corrected chi connectivity index (χ3v) is 12.9. The third-order valence-electron chi connectivity index (χ3n) is 12.9. The normalized spacial score (nSPS) is 13.4. The van der Waals surface area contributed by atoms with Crippen LogP contribution in [0.2, 0.25) is 0 Å². The fourth-order valence-electron chi connectivity index (χ4n) is 8.12. The summed E-state index contributed by atoms with van der Waals surface area (Å²) >= 11 is 0. The average molecular weight is 1110 g/mol. The summed E-state index contributed by atoms with van der Waals surface area (Å²) in [7, 11) is 0. The van der Waals surface area contributed by atoms with Crippen LogP contribution in [-0.2, 0) is 28.6 Å². The molecule has 81 heavy (non-hydrogen) atoms. The minimum absolute atomic E-state index is 0.129. The largest absolute Gasteiger partial charge is 0.462 e. The Kier molecular flexibility index (Phi) is 62.5. The molecule has 0 rings (SSSR count). The number of hydrogen-bond donors (Lipinski definition) is 0. The molecule has 0 aliphatic carbocycles. The van der Waals surface area contributed by atoms with E-state index in [4.69, 9.17) is 14.2 Å². The van der Waals surface area contributed by atoms with Crippen molar-refractivity contribution in [1.82, 2.24) is 0 Å². The van der Waals surface area contributed by atoms with E-state index in [0.29, 0.717) is 19.3 Å². The van der Waals surface area contributed by atoms with Gasteiger partial charge in [-0.1, -0.05) is 267 Å². The summed E-state index contributed by atoms with van der Waals surface area (Å²) in [6, 6.07) is 0. The van der Waals surface area contributed by atoms with Crippen molar-refractivity contribution in [2.24, 2.45) is 0 Å². The van der Waals surface area contributed by atoms with E-state index in [1.165, 1.54) is 51.4 Å². The summed E-state index contributed by atoms with van der Waals surface area (Å²) < 4.78 is 16.8. The maximum Gasteiger partial charge on any atom is 0.306 e. The highest BCUT2D eigenvalue weighted by molar-refractivity contribution is 5.71. The highest BCUT2D eigenvalue weighted by atomic mass is 16.6. The fourth-order valence-corrected chi connectivity index (χ4v) is 8.12. The van der Waals surface area contributed by atoms with E-state index >= 15 is 0 Å². The zero-order valence-corrected chi connectivity index (χ0v) is 51.7. The van der Waals surface area contributed by atoms with Crippen LogP contribution >= 0.6 is 0 Å². The van der Waals surface area contributed by atoms with E-state index in [-0.39, 0.29) is 31.6 Å². The zero-order chi connectivity index (χ0) is 58.5. The van der Waals surface area contributed by atoms with Gasteiger partial charge < -0.3 is 14.2 Å². The Morgan fingerprint density at radius 1 is 0.259 bits per heavy atom. The number of ether oxygens (including phenoxy) is 3. The predicted octanol–water partition coefficient (Wildman–Crippen LogP) is 22.4. The van der Waals surface area contributed by atoms with E-state index < -0.39 is 12.1 Å². The molecular formula is C75H116O6. The first kappa shape index (κ1) is 75.5. The van der Waals surface area contributed by atoms with Gasteiger partial charge in [-0.05, 0) is 148 Å². The van der Waals surface area contributed by atoms with Crippen molar-refractivity contribution in [2.75, 3.05) is 13.2 Å². The Balaban J connectivity index is 4.54. The molecule has 0 radical (unpaired) electrons. The van der Waals surface area contributed by atoms with Gasteiger partial charge in [-0.2, -0.15) is 0 Å². The first-order valence-corrected chi connectivity index (χ1v) is 32.3. The number of allylic oxidation sites excluding steroid dienone is 30. The molecule has 0 spiro atoms. The minimum atomic E-state index is -0.844. The van der Waals surface area contributed by atoms with Crippen LogP contribution in [0.4, 0.5) is 0 Å². The fraction of sp³-hybridized carbons (Fsp3) is 0.560. The SMILES string of the molecule is CC/C=C\C/C=C\C/C=C\C/C=C\C/C=C\C/C=C\C/C=C\C/C=C\CCCCCCC(=O)OCC(COC(=O)CCCCCCC/C=C\CCCCCCCC)OC(=O)CC/C=C\C/C=C\C/C=C\C/C=C\C/C=C\C/C=C\CC. The Morgan fingerprint density at radius 2 is 0.506 bits per heavy atom. The van der Waals surface area contributed by atoms with Crippen LogP contribution < -0.4 is 0 Å². The van der Waals surface area contributed by atoms with Crippen LogP contribution in [0, 0.1) is 0 Å². The maximum absolute atomic E-state index is 12.9. The van der Waals surface area contributed by atoms with Gasteiger partial charge in [-0.15, -0.1) is 0 Å². The van der Waals surface area contributed by atoms with Crippen molar-refractivity contribution < 1.29 is 28.6 Å². The molecule has 0 aromatic rings. The van der Waals surface area contributed by atoms with Crippen LogP contribution in [0.3, 0.4) is 0 Å². The quantitative estimate of drug-likeness (QED) is 0.0261. The van der Waals surface area contributed by atoms with Gasteiger partial charge in [0.25, 0.3) is 0 Å². The van der Waals surface area contributed by atoms with Gasteiger partial charge in [0.1, 0.15) is 13.2 Å². The first-order chi connectivity index (χ1) is 40.0. The molecule has 0 bridgehead atoms. The molecule has 0 heterocycles. The van der Waals surface area contributed by atoms with Gasteiger partial charge in [-0.25, -0.2) is 0 Å². The van der Waals surface area contributed by atoms with E-state index in [1.807, 2.05) is 12.2 Å². The van der Waals surface area contributed by atoms with Crippen LogP contribution in [0.25, 0.3) is 0 Å². The van der Waals surface area contributed by atoms with Gasteiger partial charge in [0, 0.05) is 19.3 Å². The highest BCUT2D eigenvalue weighted by Gasteiger charge is 2.19. The van der Waals surface area contributed by atoms with Gasteiger partial charge in [0.15, 0.2) is 6.10 Å². The highest BCUT2D eigenvalue weighted by Crippen LogP contribution is 2.13. The molecule has 0 amide bonds. The summed E-state index contributed by atoms with van der Waals surface area (Å²) in [5.41, 5.74) is 0. The Morgan fingerprint density at radius 3 is 0.815 bits per heavy atom. The van der Waals surface area contributed by atoms with Gasteiger partial charge in [-0.3, -0.25) is 14.4 Å². The molecule has 0 aliphatic rings. The lowest BCUT2D eigenvalue weighted by molar-refractivity contribution is -0.166. The van der Waals surface area contributed by atoms with Crippen molar-refractivity contribution in [2.45, 2.75) is 258 Å². The number of esters is 3. The van der Waals surface area contributed by atoms with Gasteiger partial charge in [0.2, 0.25) is 0 Å². The predicted molar refractivity (Wildman–Crippen MR) is 352 cm³/mol. The van der Waals surface area contributed by atoms with E-state index in [9.17, 15) is 14.4 Å². The number of carbonyl (C=O) groups is 3. The summed E-state index contributed by atoms with van der Waals surface area (Å²) in [6.07, 6.45) is 100. The second kappa shape index (κ2) is 67.0. The summed E-state index contributed by atoms with van der Waals surface area (Å²) in [6.45, 7) is 6.31. The molecular weight excluding hydrogens is 997 g/mol. The van der Waals surface area contributed by atoms with Crippen LogP contribution in [0.1, 0.15) is 252 Å². The molecule has 0 saturated heterocycles. The molecule has 0 aliphatic heterocycles. The molecule has 452 valence electrons. The molecule has 1 atom stereocenters. The summed E-state index contributed by atoms with van der Waals surface area (Å²) in [5, 5.41) is 0. The lowest BCUT2D eigenvalue weighted by Crippen LogP contribution is -2.30. The van der Waals surface area contributed by atoms with Crippen LogP contribution in [-0.4, -0.2) is 37.2 Å². The first-order valence-electron chi connectivity index (χ1n) is 32.3. The molecule has 1 unspecified atom stereocenters. The molecule has 0 aromatic carbocycles. The van der Waals surface area contributed by atoms with Crippen molar-refractivity contribution in [3.8, 4) is 0 Å². The van der Waals surface area contributed by atoms with E-state index in [0.717, 1.165) is 154 Å². The van der Waals surface area contributed by atoms with Crippen molar-refractivity contribution >= 4 is 17.9 Å². The minimum Gasteiger partial charge on any atom is -0.462 e. The molecule has 0 fully saturated rings. The molecule has 0 N–H and O–H groups in total. The number of rotatable bonds is 56. The third kappa shape index (κ3) is 65.2. The molecule has 0 aromatic heterocycles. The van der Waals surface area contributed by atoms with Crippen molar-refractivity contribution in [1.29, 1.82) is 0 Å². The van der Waals surface area contributed by atoms with E-state index in [1.54, 1.807) is 0 Å². The number of unbranched alkanes of at least 4 members (excludes halogenated alkanes) is 15. The van der Waals surface area contributed by atoms with E-state index in [2.05, 4.69) is 191 Å². The topological polar surface area (TPSA) is 78.9 Å². The zero-order valence-electron chi connectivity index (χ0n) is 51.7. The second-order valence-corrected chi connectivity index (χ2v) is 20.5. The van der Waals surface area contributed by atoms with Crippen LogP contribution in [0.15, 0.2) is 182 Å². The van der Waals surface area contributed by atoms with Crippen molar-refractivity contribution in [3.05, 3.63) is 182 Å². The Bertz CT molecular complexity index is 1900. The average Bonchev–Trinajstić information content (AvgIpc) is 3.47. The van der Waals surface area contributed by atoms with Gasteiger partial charge in [0.05, 0.1) is 0 Å². The van der Waals surface area contributed by atoms with Crippen LogP contribution in [0.5, 0.6) is 0 Å². The lowest BCUT2D eigenvalue weighted by atomic mass is 10.1. The molecule has 6 nitrogen and oxygen atoms in total. The number of hydrogen-bond acceptors (Lipinski definition) is 6. The summed E-state index contributed by atoms with van der Waals surface area (Å²) in [5.74, 6) is -1.06. The molecule has 0 saturated carbocycles. The lowest BCUT2D eigenvalue weighted by Gasteiger charge is -2.18. The smallest absolute Gasteiger partial charge is 0.306 e.